The zero-order valence-corrected chi connectivity index (χ0v) is 65.1. The minimum absolute atomic E-state index is 0.0639. The molecular formula is C90H114N8O4+2. The predicted molar refractivity (Wildman–Crippen MR) is 428 cm³/mol. The fourth-order valence-electron chi connectivity index (χ4n) is 22.0. The highest BCUT2D eigenvalue weighted by atomic mass is 16.3. The molecule has 10 heterocycles. The van der Waals surface area contributed by atoms with Crippen molar-refractivity contribution in [2.24, 2.45) is 10.8 Å². The van der Waals surface area contributed by atoms with Crippen LogP contribution in [0.1, 0.15) is 182 Å². The molecule has 12 nitrogen and oxygen atoms in total. The summed E-state index contributed by atoms with van der Waals surface area (Å²) < 4.78 is 27.3. The van der Waals surface area contributed by atoms with Gasteiger partial charge in [0.05, 0.1) is 62.0 Å². The fraction of sp³-hybridized carbons (Fsp3) is 0.489. The van der Waals surface area contributed by atoms with Crippen LogP contribution in [0.5, 0.6) is 0 Å². The second kappa shape index (κ2) is 24.8. The van der Waals surface area contributed by atoms with Gasteiger partial charge in [0, 0.05) is 92.5 Å². The summed E-state index contributed by atoms with van der Waals surface area (Å²) in [6, 6.07) is 43.8. The lowest BCUT2D eigenvalue weighted by atomic mass is 9.68. The lowest BCUT2D eigenvalue weighted by Gasteiger charge is -2.41. The van der Waals surface area contributed by atoms with Crippen LogP contribution in [0.4, 0.5) is 22.7 Å². The lowest BCUT2D eigenvalue weighted by Crippen LogP contribution is -2.48. The Morgan fingerprint density at radius 1 is 0.343 bits per heavy atom. The Balaban J connectivity index is 0.000000110. The second-order valence-electron chi connectivity index (χ2n) is 36.0. The Kier molecular flexibility index (Phi) is 16.9. The Bertz CT molecular complexity index is 4850. The van der Waals surface area contributed by atoms with Crippen LogP contribution in [0.2, 0.25) is 0 Å². The van der Waals surface area contributed by atoms with Crippen molar-refractivity contribution < 1.29 is 26.6 Å². The van der Waals surface area contributed by atoms with E-state index in [1.54, 1.807) is 6.20 Å². The predicted octanol–water partition coefficient (Wildman–Crippen LogP) is 23.1. The summed E-state index contributed by atoms with van der Waals surface area (Å²) >= 11 is 0. The summed E-state index contributed by atoms with van der Waals surface area (Å²) in [5.41, 5.74) is 19.1. The summed E-state index contributed by atoms with van der Waals surface area (Å²) in [7, 11) is 9.26. The molecule has 4 aliphatic heterocycles. The van der Waals surface area contributed by atoms with Gasteiger partial charge in [-0.1, -0.05) is 123 Å². The van der Waals surface area contributed by atoms with Crippen molar-refractivity contribution in [1.82, 2.24) is 9.97 Å². The molecule has 0 radical (unpaired) electrons. The third-order valence-corrected chi connectivity index (χ3v) is 26.4. The topological polar surface area (TPSA) is 91.3 Å². The van der Waals surface area contributed by atoms with E-state index in [-0.39, 0.29) is 22.2 Å². The van der Waals surface area contributed by atoms with Gasteiger partial charge >= 0.3 is 0 Å². The molecule has 18 rings (SSSR count). The van der Waals surface area contributed by atoms with E-state index in [1.807, 2.05) is 24.4 Å². The number of fused-ring (bicyclic) bond motifs is 12. The van der Waals surface area contributed by atoms with Gasteiger partial charge in [-0.3, -0.25) is 0 Å². The van der Waals surface area contributed by atoms with Crippen LogP contribution in [0.15, 0.2) is 151 Å². The van der Waals surface area contributed by atoms with Crippen LogP contribution in [-0.4, -0.2) is 107 Å². The van der Waals surface area contributed by atoms with Crippen LogP contribution in [-0.2, 0) is 0 Å². The van der Waals surface area contributed by atoms with E-state index in [9.17, 15) is 0 Å². The first kappa shape index (κ1) is 69.6. The normalized spacial score (nSPS) is 23.5. The first-order valence-electron chi connectivity index (χ1n) is 38.5. The van der Waals surface area contributed by atoms with E-state index in [2.05, 4.69) is 272 Å². The fourth-order valence-corrected chi connectivity index (χ4v) is 22.0. The molecule has 0 N–H and O–H groups in total. The zero-order valence-electron chi connectivity index (χ0n) is 65.1. The van der Waals surface area contributed by atoms with Crippen LogP contribution in [0, 0.1) is 38.5 Å². The molecule has 12 heteroatoms. The van der Waals surface area contributed by atoms with Gasteiger partial charge < -0.3 is 46.2 Å². The summed E-state index contributed by atoms with van der Waals surface area (Å²) in [4.78, 5) is 19.4. The van der Waals surface area contributed by atoms with Crippen LogP contribution >= 0.6 is 0 Å². The molecule has 102 heavy (non-hydrogen) atoms. The number of hydrogen-bond donors (Lipinski definition) is 0. The van der Waals surface area contributed by atoms with Gasteiger partial charge in [-0.2, -0.15) is 0 Å². The van der Waals surface area contributed by atoms with Crippen LogP contribution in [0.3, 0.4) is 0 Å². The van der Waals surface area contributed by atoms with E-state index in [1.165, 1.54) is 149 Å². The first-order valence-corrected chi connectivity index (χ1v) is 38.5. The van der Waals surface area contributed by atoms with Gasteiger partial charge in [0.2, 0.25) is 11.4 Å². The summed E-state index contributed by atoms with van der Waals surface area (Å²) in [6.07, 6.45) is 20.8. The van der Waals surface area contributed by atoms with Gasteiger partial charge in [0.15, 0.2) is 34.7 Å². The minimum Gasteiger partial charge on any atom is -0.454 e. The van der Waals surface area contributed by atoms with Gasteiger partial charge in [0.25, 0.3) is 0 Å². The number of pyridine rings is 2. The zero-order chi connectivity index (χ0) is 72.2. The van der Waals surface area contributed by atoms with E-state index >= 15 is 0 Å². The number of benzene rings is 6. The largest absolute Gasteiger partial charge is 0.454 e. The van der Waals surface area contributed by atoms with Gasteiger partial charge in [0.1, 0.15) is 24.3 Å². The average Bonchev–Trinajstić information content (AvgIpc) is 1.63. The quantitative estimate of drug-likeness (QED) is 0.159. The molecule has 6 aromatic heterocycles. The van der Waals surface area contributed by atoms with Crippen molar-refractivity contribution in [3.8, 4) is 0 Å². The van der Waals surface area contributed by atoms with Crippen LogP contribution < -0.4 is 19.6 Å². The Morgan fingerprint density at radius 3 is 0.980 bits per heavy atom. The molecule has 12 aromatic rings. The average molecular weight is 1370 g/mol. The number of rotatable bonds is 4. The Hall–Kier alpha value is -8.06. The van der Waals surface area contributed by atoms with Gasteiger partial charge in [-0.05, 0) is 205 Å². The molecule has 4 atom stereocenters. The number of quaternary nitrogens is 2. The molecule has 2 saturated carbocycles. The second-order valence-corrected chi connectivity index (χ2v) is 36.0. The molecule has 6 fully saturated rings. The third-order valence-electron chi connectivity index (χ3n) is 26.4. The number of aromatic nitrogens is 2. The SMILES string of the molecule is Cc1ccc2c(oc3ccccc32)c1N1C(C)C2(CCCCC2)CC1(C)C.Cc1ccc2c(oc3ccccc32)c1N1C(C)[N+](C)(C)CC1(C)C.Cc1ccc2c(oc3ncccc32)c1N1C(C)C2(CCCCC2)CC1(C)C.Cc1ccc2c(oc3ncccc32)c1N1C(C)[N+](C)(C)CC1(C)C. The Morgan fingerprint density at radius 2 is 0.647 bits per heavy atom. The highest BCUT2D eigenvalue weighted by molar-refractivity contribution is 6.12. The van der Waals surface area contributed by atoms with Gasteiger partial charge in [-0.15, -0.1) is 0 Å². The lowest BCUT2D eigenvalue weighted by molar-refractivity contribution is -0.900. The molecule has 0 bridgehead atoms. The molecule has 6 aliphatic rings. The summed E-state index contributed by atoms with van der Waals surface area (Å²) in [6.45, 7) is 39.7. The summed E-state index contributed by atoms with van der Waals surface area (Å²) in [5, 5.41) is 9.44. The van der Waals surface area contributed by atoms with Crippen molar-refractivity contribution >= 4 is 111 Å². The third kappa shape index (κ3) is 11.3. The molecule has 4 unspecified atom stereocenters. The number of anilines is 4. The van der Waals surface area contributed by atoms with E-state index in [4.69, 9.17) is 17.7 Å². The highest BCUT2D eigenvalue weighted by Gasteiger charge is 2.57. The maximum absolute atomic E-state index is 6.45. The smallest absolute Gasteiger partial charge is 0.227 e. The molecule has 2 aliphatic carbocycles. The van der Waals surface area contributed by atoms with Crippen molar-refractivity contribution in [3.63, 3.8) is 0 Å². The summed E-state index contributed by atoms with van der Waals surface area (Å²) in [5.74, 6) is 0. The van der Waals surface area contributed by atoms with Crippen molar-refractivity contribution in [1.29, 1.82) is 0 Å². The molecule has 2 spiro atoms. The molecule has 4 saturated heterocycles. The maximum Gasteiger partial charge on any atom is 0.227 e. The van der Waals surface area contributed by atoms with Gasteiger partial charge in [-0.25, -0.2) is 9.97 Å². The van der Waals surface area contributed by atoms with Crippen molar-refractivity contribution in [2.45, 2.75) is 234 Å². The van der Waals surface area contributed by atoms with Crippen LogP contribution in [0.25, 0.3) is 88.0 Å². The number of likely N-dealkylation sites (N-methyl/N-ethyl adjacent to an activating group) is 2. The van der Waals surface area contributed by atoms with E-state index in [0.29, 0.717) is 35.2 Å². The molecule has 0 amide bonds. The van der Waals surface area contributed by atoms with Crippen molar-refractivity contribution in [2.75, 3.05) is 60.9 Å². The number of nitrogens with zero attached hydrogens (tertiary/aromatic N) is 8. The Labute approximate surface area is 606 Å². The minimum atomic E-state index is 0.0639. The maximum atomic E-state index is 6.45. The molecular weight excluding hydrogens is 1260 g/mol. The highest BCUT2D eigenvalue weighted by Crippen LogP contribution is 2.59. The first-order chi connectivity index (χ1) is 48.3. The number of aryl methyl sites for hydroxylation is 4. The van der Waals surface area contributed by atoms with Crippen molar-refractivity contribution in [3.05, 3.63) is 156 Å². The number of furan rings is 4. The van der Waals surface area contributed by atoms with E-state index < -0.39 is 0 Å². The standard InChI is InChI=1S/C25H31NO.C24H30N2O.C21H27N2O.C20H26N3O/c1-17-12-13-20-19-10-6-7-11-21(19)27-23(20)22(17)26-18(2)25(16-24(26,3)4)14-8-5-9-15-25;1-16-10-11-18-19-9-8-14-25-22(19)27-21(18)20(16)26-17(2)24(15-23(26,3)4)12-6-5-7-13-24;1-14-11-12-17-16-9-7-8-10-18(16)24-20(17)19(14)22-15(2)23(5,6)13-21(22,3)4;1-13-9-10-15-16-8-7-11-21-19(16)24-18(15)17(13)22-14(2)23(5,6)12-20(22,3)4/h6-7,10-13,18H,5,8-9,14-16H2,1-4H3;8-11,14,17H,5-7,12-13,15H2,1-4H3;7-12,15H,13H2,1-6H3;7-11,14H,12H2,1-6H3/q;;2*+1. The number of hydrogen-bond acceptors (Lipinski definition) is 10. The van der Waals surface area contributed by atoms with E-state index in [0.717, 1.165) is 83.1 Å². The monoisotopic (exact) mass is 1370 g/mol. The molecule has 536 valence electrons. The molecule has 6 aromatic carbocycles. The number of para-hydroxylation sites is 2.